The van der Waals surface area contributed by atoms with Crippen molar-refractivity contribution >= 4 is 28.2 Å². The molecule has 1 aromatic carbocycles. The molecule has 1 aromatic heterocycles. The zero-order valence-electron chi connectivity index (χ0n) is 13.4. The first-order chi connectivity index (χ1) is 11.0. The lowest BCUT2D eigenvalue weighted by atomic mass is 10.1. The SMILES string of the molecule is COC(=O)c1c(NC(=O)C2CC2c2ccccc2)sc(C)c1C. The quantitative estimate of drug-likeness (QED) is 0.866. The van der Waals surface area contributed by atoms with Gasteiger partial charge in [-0.3, -0.25) is 4.79 Å². The van der Waals surface area contributed by atoms with Crippen LogP contribution in [0.15, 0.2) is 30.3 Å². The van der Waals surface area contributed by atoms with Gasteiger partial charge in [0.05, 0.1) is 12.7 Å². The molecule has 2 unspecified atom stereocenters. The Morgan fingerprint density at radius 1 is 1.22 bits per heavy atom. The topological polar surface area (TPSA) is 55.4 Å². The second-order valence-electron chi connectivity index (χ2n) is 5.83. The van der Waals surface area contributed by atoms with Crippen LogP contribution in [0, 0.1) is 19.8 Å². The van der Waals surface area contributed by atoms with E-state index < -0.39 is 5.97 Å². The molecule has 1 aliphatic rings. The van der Waals surface area contributed by atoms with Crippen molar-refractivity contribution in [2.75, 3.05) is 12.4 Å². The Hall–Kier alpha value is -2.14. The Bertz CT molecular complexity index is 751. The highest BCUT2D eigenvalue weighted by atomic mass is 32.1. The highest BCUT2D eigenvalue weighted by Gasteiger charge is 2.44. The van der Waals surface area contributed by atoms with Crippen molar-refractivity contribution in [1.82, 2.24) is 0 Å². The molecule has 1 amide bonds. The molecule has 23 heavy (non-hydrogen) atoms. The van der Waals surface area contributed by atoms with Gasteiger partial charge in [-0.15, -0.1) is 11.3 Å². The Morgan fingerprint density at radius 2 is 1.91 bits per heavy atom. The minimum absolute atomic E-state index is 0.0226. The third-order valence-corrected chi connectivity index (χ3v) is 5.49. The van der Waals surface area contributed by atoms with E-state index in [4.69, 9.17) is 4.74 Å². The van der Waals surface area contributed by atoms with Crippen LogP contribution >= 0.6 is 11.3 Å². The molecule has 1 heterocycles. The summed E-state index contributed by atoms with van der Waals surface area (Å²) in [5.74, 6) is -0.173. The fourth-order valence-corrected chi connectivity index (χ4v) is 3.87. The first-order valence-electron chi connectivity index (χ1n) is 7.57. The van der Waals surface area contributed by atoms with Gasteiger partial charge in [0.25, 0.3) is 0 Å². The highest BCUT2D eigenvalue weighted by molar-refractivity contribution is 7.16. The van der Waals surface area contributed by atoms with E-state index in [2.05, 4.69) is 17.4 Å². The number of aryl methyl sites for hydroxylation is 1. The van der Waals surface area contributed by atoms with Crippen molar-refractivity contribution in [3.05, 3.63) is 51.9 Å². The molecule has 0 bridgehead atoms. The summed E-state index contributed by atoms with van der Waals surface area (Å²) in [6.07, 6.45) is 0.854. The van der Waals surface area contributed by atoms with Crippen LogP contribution < -0.4 is 5.32 Å². The van der Waals surface area contributed by atoms with E-state index in [0.29, 0.717) is 10.6 Å². The lowest BCUT2D eigenvalue weighted by Gasteiger charge is -2.06. The number of rotatable bonds is 4. The third kappa shape index (κ3) is 3.01. The molecule has 4 nitrogen and oxygen atoms in total. The van der Waals surface area contributed by atoms with Crippen molar-refractivity contribution in [2.45, 2.75) is 26.2 Å². The summed E-state index contributed by atoms with van der Waals surface area (Å²) < 4.78 is 4.84. The molecule has 0 saturated heterocycles. The highest BCUT2D eigenvalue weighted by Crippen LogP contribution is 2.48. The average molecular weight is 329 g/mol. The standard InChI is InChI=1S/C18H19NO3S/c1-10-11(2)23-17(15(10)18(21)22-3)19-16(20)14-9-13(14)12-7-5-4-6-8-12/h4-8,13-14H,9H2,1-3H3,(H,19,20). The molecule has 2 atom stereocenters. The number of methoxy groups -OCH3 is 1. The molecule has 1 saturated carbocycles. The number of hydrogen-bond acceptors (Lipinski definition) is 4. The van der Waals surface area contributed by atoms with Crippen molar-refractivity contribution in [1.29, 1.82) is 0 Å². The number of amides is 1. The van der Waals surface area contributed by atoms with Gasteiger partial charge in [0.2, 0.25) is 5.91 Å². The number of ether oxygens (including phenoxy) is 1. The van der Waals surface area contributed by atoms with Gasteiger partial charge >= 0.3 is 5.97 Å². The lowest BCUT2D eigenvalue weighted by Crippen LogP contribution is -2.16. The summed E-state index contributed by atoms with van der Waals surface area (Å²) in [4.78, 5) is 25.5. The molecule has 1 aliphatic carbocycles. The van der Waals surface area contributed by atoms with Crippen LogP contribution in [0.2, 0.25) is 0 Å². The number of benzene rings is 1. The smallest absolute Gasteiger partial charge is 0.341 e. The molecule has 5 heteroatoms. The number of esters is 1. The van der Waals surface area contributed by atoms with Gasteiger partial charge < -0.3 is 10.1 Å². The van der Waals surface area contributed by atoms with Crippen LogP contribution in [0.25, 0.3) is 0 Å². The maximum absolute atomic E-state index is 12.5. The first-order valence-corrected chi connectivity index (χ1v) is 8.38. The number of thiophene rings is 1. The zero-order chi connectivity index (χ0) is 16.6. The molecular weight excluding hydrogens is 310 g/mol. The van der Waals surface area contributed by atoms with E-state index in [1.807, 2.05) is 32.0 Å². The lowest BCUT2D eigenvalue weighted by molar-refractivity contribution is -0.117. The van der Waals surface area contributed by atoms with Gasteiger partial charge in [0.15, 0.2) is 0 Å². The number of carbonyl (C=O) groups excluding carboxylic acids is 2. The Balaban J connectivity index is 1.75. The molecule has 0 spiro atoms. The summed E-state index contributed by atoms with van der Waals surface area (Å²) in [6, 6.07) is 10.1. The fraction of sp³-hybridized carbons (Fsp3) is 0.333. The average Bonchev–Trinajstić information content (AvgIpc) is 3.31. The minimum atomic E-state index is -0.405. The maximum Gasteiger partial charge on any atom is 0.341 e. The van der Waals surface area contributed by atoms with Gasteiger partial charge in [-0.05, 0) is 37.3 Å². The van der Waals surface area contributed by atoms with E-state index in [-0.39, 0.29) is 17.7 Å². The Kier molecular flexibility index (Phi) is 4.22. The summed E-state index contributed by atoms with van der Waals surface area (Å²) >= 11 is 1.42. The third-order valence-electron chi connectivity index (χ3n) is 4.37. The van der Waals surface area contributed by atoms with Crippen LogP contribution in [0.4, 0.5) is 5.00 Å². The monoisotopic (exact) mass is 329 g/mol. The summed E-state index contributed by atoms with van der Waals surface area (Å²) in [5, 5.41) is 3.52. The summed E-state index contributed by atoms with van der Waals surface area (Å²) in [6.45, 7) is 3.81. The maximum atomic E-state index is 12.5. The molecular formula is C18H19NO3S. The van der Waals surface area contributed by atoms with Crippen LogP contribution in [0.3, 0.4) is 0 Å². The second-order valence-corrected chi connectivity index (χ2v) is 7.05. The number of hydrogen-bond donors (Lipinski definition) is 1. The molecule has 120 valence electrons. The van der Waals surface area contributed by atoms with Crippen molar-refractivity contribution in [3.63, 3.8) is 0 Å². The first kappa shape index (κ1) is 15.7. The van der Waals surface area contributed by atoms with Gasteiger partial charge in [0.1, 0.15) is 5.00 Å². The van der Waals surface area contributed by atoms with Crippen LogP contribution in [-0.2, 0) is 9.53 Å². The molecule has 1 fully saturated rings. The number of anilines is 1. The largest absolute Gasteiger partial charge is 0.465 e. The molecule has 1 N–H and O–H groups in total. The zero-order valence-corrected chi connectivity index (χ0v) is 14.2. The molecule has 2 aromatic rings. The predicted octanol–water partition coefficient (Wildman–Crippen LogP) is 3.89. The van der Waals surface area contributed by atoms with Gasteiger partial charge in [-0.25, -0.2) is 4.79 Å². The van der Waals surface area contributed by atoms with Gasteiger partial charge in [0, 0.05) is 10.8 Å². The van der Waals surface area contributed by atoms with E-state index >= 15 is 0 Å². The second kappa shape index (κ2) is 6.16. The Morgan fingerprint density at radius 3 is 2.57 bits per heavy atom. The number of carbonyl (C=O) groups is 2. The predicted molar refractivity (Wildman–Crippen MR) is 91.1 cm³/mol. The van der Waals surface area contributed by atoms with E-state index in [0.717, 1.165) is 16.9 Å². The van der Waals surface area contributed by atoms with Crippen molar-refractivity contribution in [2.24, 2.45) is 5.92 Å². The van der Waals surface area contributed by atoms with Crippen molar-refractivity contribution in [3.8, 4) is 0 Å². The van der Waals surface area contributed by atoms with Crippen LogP contribution in [0.1, 0.15) is 38.7 Å². The van der Waals surface area contributed by atoms with Crippen molar-refractivity contribution < 1.29 is 14.3 Å². The summed E-state index contributed by atoms with van der Waals surface area (Å²) in [7, 11) is 1.35. The summed E-state index contributed by atoms with van der Waals surface area (Å²) in [5.41, 5.74) is 2.53. The van der Waals surface area contributed by atoms with E-state index in [1.54, 1.807) is 0 Å². The molecule has 0 radical (unpaired) electrons. The molecule has 0 aliphatic heterocycles. The van der Waals surface area contributed by atoms with Crippen LogP contribution in [-0.4, -0.2) is 19.0 Å². The normalized spacial score (nSPS) is 19.3. The molecule has 3 rings (SSSR count). The van der Waals surface area contributed by atoms with Gasteiger partial charge in [-0.1, -0.05) is 30.3 Å². The van der Waals surface area contributed by atoms with Gasteiger partial charge in [-0.2, -0.15) is 0 Å². The Labute approximate surface area is 139 Å². The van der Waals surface area contributed by atoms with Crippen LogP contribution in [0.5, 0.6) is 0 Å². The number of nitrogens with one attached hydrogen (secondary N) is 1. The minimum Gasteiger partial charge on any atom is -0.465 e. The fourth-order valence-electron chi connectivity index (χ4n) is 2.82. The van der Waals surface area contributed by atoms with E-state index in [1.165, 1.54) is 24.0 Å². The van der Waals surface area contributed by atoms with E-state index in [9.17, 15) is 9.59 Å².